The third-order valence-electron chi connectivity index (χ3n) is 3.90. The highest BCUT2D eigenvalue weighted by molar-refractivity contribution is 9.11. The van der Waals surface area contributed by atoms with Gasteiger partial charge in [0.25, 0.3) is 10.0 Å². The van der Waals surface area contributed by atoms with Crippen molar-refractivity contribution >= 4 is 43.3 Å². The summed E-state index contributed by atoms with van der Waals surface area (Å²) in [5, 5.41) is 2.79. The van der Waals surface area contributed by atoms with Crippen molar-refractivity contribution in [1.29, 1.82) is 0 Å². The molecule has 0 unspecified atom stereocenters. The Kier molecular flexibility index (Phi) is 4.26. The average molecular weight is 394 g/mol. The molecule has 1 N–H and O–H groups in total. The monoisotopic (exact) mass is 393 g/mol. The van der Waals surface area contributed by atoms with Gasteiger partial charge in [0.05, 0.1) is 3.79 Å². The van der Waals surface area contributed by atoms with E-state index in [2.05, 4.69) is 21.2 Å². The van der Waals surface area contributed by atoms with Crippen LogP contribution >= 0.6 is 27.3 Å². The maximum absolute atomic E-state index is 12.5. The molecule has 0 spiro atoms. The second-order valence-corrected chi connectivity index (χ2v) is 9.75. The fraction of sp³-hybridized carbons (Fsp3) is 0.583. The van der Waals surface area contributed by atoms with E-state index in [0.717, 1.165) is 3.79 Å². The molecule has 1 aromatic heterocycles. The van der Waals surface area contributed by atoms with Crippen LogP contribution in [0.1, 0.15) is 12.8 Å². The molecule has 0 radical (unpaired) electrons. The van der Waals surface area contributed by atoms with E-state index >= 15 is 0 Å². The number of carbonyl (C=O) groups is 1. The van der Waals surface area contributed by atoms with Gasteiger partial charge in [-0.1, -0.05) is 0 Å². The standard InChI is InChI=1S/C12H16BrN3O3S2/c13-10-1-2-11(20-10)21(18,19)15-6-3-9(4-7-15)16-8-5-14-12(16)17/h1-2,9H,3-8H2,(H,14,17). The lowest BCUT2D eigenvalue weighted by Gasteiger charge is -2.35. The molecular formula is C12H16BrN3O3S2. The summed E-state index contributed by atoms with van der Waals surface area (Å²) < 4.78 is 27.7. The quantitative estimate of drug-likeness (QED) is 0.849. The van der Waals surface area contributed by atoms with Crippen LogP contribution < -0.4 is 5.32 Å². The molecule has 2 amide bonds. The Labute approximate surface area is 136 Å². The highest BCUT2D eigenvalue weighted by atomic mass is 79.9. The van der Waals surface area contributed by atoms with Crippen LogP contribution in [0.4, 0.5) is 4.79 Å². The molecule has 3 heterocycles. The molecule has 116 valence electrons. The number of nitrogens with one attached hydrogen (secondary N) is 1. The summed E-state index contributed by atoms with van der Waals surface area (Å²) in [5.74, 6) is 0. The number of nitrogens with zero attached hydrogens (tertiary/aromatic N) is 2. The number of halogens is 1. The van der Waals surface area contributed by atoms with Crippen LogP contribution in [-0.2, 0) is 10.0 Å². The topological polar surface area (TPSA) is 69.7 Å². The van der Waals surface area contributed by atoms with Crippen molar-refractivity contribution in [2.24, 2.45) is 0 Å². The molecule has 1 aromatic rings. The molecular weight excluding hydrogens is 378 g/mol. The average Bonchev–Trinajstić information content (AvgIpc) is 3.08. The molecule has 3 rings (SSSR count). The molecule has 0 aromatic carbocycles. The van der Waals surface area contributed by atoms with E-state index in [1.54, 1.807) is 12.1 Å². The number of rotatable bonds is 3. The van der Waals surface area contributed by atoms with Crippen molar-refractivity contribution in [3.63, 3.8) is 0 Å². The van der Waals surface area contributed by atoms with Gasteiger partial charge in [0.1, 0.15) is 4.21 Å². The van der Waals surface area contributed by atoms with Gasteiger partial charge < -0.3 is 10.2 Å². The Morgan fingerprint density at radius 1 is 1.24 bits per heavy atom. The first-order valence-corrected chi connectivity index (χ1v) is 9.83. The molecule has 2 fully saturated rings. The Morgan fingerprint density at radius 3 is 2.48 bits per heavy atom. The largest absolute Gasteiger partial charge is 0.336 e. The SMILES string of the molecule is O=C1NCCN1C1CCN(S(=O)(=O)c2ccc(Br)s2)CC1. The predicted octanol–water partition coefficient (Wildman–Crippen LogP) is 1.69. The van der Waals surface area contributed by atoms with Crippen molar-refractivity contribution < 1.29 is 13.2 Å². The highest BCUT2D eigenvalue weighted by Crippen LogP contribution is 2.30. The molecule has 2 saturated heterocycles. The summed E-state index contributed by atoms with van der Waals surface area (Å²) in [4.78, 5) is 13.5. The molecule has 0 aliphatic carbocycles. The minimum absolute atomic E-state index is 0.0292. The van der Waals surface area contributed by atoms with Gasteiger partial charge in [-0.2, -0.15) is 4.31 Å². The van der Waals surface area contributed by atoms with E-state index in [0.29, 0.717) is 43.2 Å². The number of sulfonamides is 1. The predicted molar refractivity (Wildman–Crippen MR) is 83.9 cm³/mol. The van der Waals surface area contributed by atoms with Crippen LogP contribution in [0.3, 0.4) is 0 Å². The summed E-state index contributed by atoms with van der Waals surface area (Å²) >= 11 is 4.52. The second kappa shape index (κ2) is 5.86. The van der Waals surface area contributed by atoms with E-state index < -0.39 is 10.0 Å². The molecule has 2 aliphatic heterocycles. The first kappa shape index (κ1) is 15.3. The maximum Gasteiger partial charge on any atom is 0.317 e. The minimum atomic E-state index is -3.40. The summed E-state index contributed by atoms with van der Waals surface area (Å²) in [7, 11) is -3.40. The van der Waals surface area contributed by atoms with Gasteiger partial charge in [-0.05, 0) is 40.9 Å². The summed E-state index contributed by atoms with van der Waals surface area (Å²) in [6, 6.07) is 3.50. The highest BCUT2D eigenvalue weighted by Gasteiger charge is 2.35. The van der Waals surface area contributed by atoms with Crippen LogP contribution in [0.25, 0.3) is 0 Å². The third kappa shape index (κ3) is 2.96. The third-order valence-corrected chi connectivity index (χ3v) is 7.89. The number of urea groups is 1. The van der Waals surface area contributed by atoms with Gasteiger partial charge in [-0.3, -0.25) is 0 Å². The van der Waals surface area contributed by atoms with Crippen molar-refractivity contribution in [3.8, 4) is 0 Å². The zero-order valence-corrected chi connectivity index (χ0v) is 14.5. The second-order valence-electron chi connectivity index (χ2n) is 5.12. The molecule has 21 heavy (non-hydrogen) atoms. The first-order chi connectivity index (χ1) is 9.98. The fourth-order valence-electron chi connectivity index (χ4n) is 2.79. The smallest absolute Gasteiger partial charge is 0.317 e. The van der Waals surface area contributed by atoms with Gasteiger partial charge in [-0.25, -0.2) is 13.2 Å². The van der Waals surface area contributed by atoms with Crippen LogP contribution in [0.2, 0.25) is 0 Å². The van der Waals surface area contributed by atoms with E-state index in [-0.39, 0.29) is 12.1 Å². The Balaban J connectivity index is 1.67. The number of hydrogen-bond donors (Lipinski definition) is 1. The molecule has 0 saturated carbocycles. The van der Waals surface area contributed by atoms with Gasteiger partial charge in [-0.15, -0.1) is 11.3 Å². The lowest BCUT2D eigenvalue weighted by molar-refractivity contribution is 0.167. The number of carbonyl (C=O) groups excluding carboxylic acids is 1. The zero-order chi connectivity index (χ0) is 15.0. The Hall–Kier alpha value is -0.640. The van der Waals surface area contributed by atoms with E-state index in [1.165, 1.54) is 15.6 Å². The van der Waals surface area contributed by atoms with Crippen LogP contribution in [0, 0.1) is 0 Å². The summed E-state index contributed by atoms with van der Waals surface area (Å²) in [5.41, 5.74) is 0. The van der Waals surface area contributed by atoms with Gasteiger partial charge in [0, 0.05) is 32.2 Å². The minimum Gasteiger partial charge on any atom is -0.336 e. The number of hydrogen-bond acceptors (Lipinski definition) is 4. The van der Waals surface area contributed by atoms with Crippen LogP contribution in [0.5, 0.6) is 0 Å². The van der Waals surface area contributed by atoms with Gasteiger partial charge in [0.15, 0.2) is 0 Å². The normalized spacial score (nSPS) is 21.8. The van der Waals surface area contributed by atoms with E-state index in [4.69, 9.17) is 0 Å². The molecule has 0 atom stereocenters. The molecule has 2 aliphatic rings. The van der Waals surface area contributed by atoms with Crippen molar-refractivity contribution in [3.05, 3.63) is 15.9 Å². The number of thiophene rings is 1. The van der Waals surface area contributed by atoms with Crippen LogP contribution in [-0.4, -0.2) is 55.9 Å². The lowest BCUT2D eigenvalue weighted by atomic mass is 10.1. The summed E-state index contributed by atoms with van der Waals surface area (Å²) in [6.07, 6.45) is 1.39. The van der Waals surface area contributed by atoms with Crippen molar-refractivity contribution in [2.75, 3.05) is 26.2 Å². The fourth-order valence-corrected chi connectivity index (χ4v) is 6.43. The maximum atomic E-state index is 12.5. The number of amides is 2. The molecule has 6 nitrogen and oxygen atoms in total. The van der Waals surface area contributed by atoms with Crippen LogP contribution in [0.15, 0.2) is 20.1 Å². The van der Waals surface area contributed by atoms with Crippen molar-refractivity contribution in [1.82, 2.24) is 14.5 Å². The van der Waals surface area contributed by atoms with E-state index in [9.17, 15) is 13.2 Å². The molecule has 0 bridgehead atoms. The van der Waals surface area contributed by atoms with Crippen molar-refractivity contribution in [2.45, 2.75) is 23.1 Å². The summed E-state index contributed by atoms with van der Waals surface area (Å²) in [6.45, 7) is 2.33. The zero-order valence-electron chi connectivity index (χ0n) is 11.3. The Morgan fingerprint density at radius 2 is 1.95 bits per heavy atom. The van der Waals surface area contributed by atoms with Gasteiger partial charge in [0.2, 0.25) is 0 Å². The number of piperidine rings is 1. The Bertz CT molecular complexity index is 638. The van der Waals surface area contributed by atoms with Gasteiger partial charge >= 0.3 is 6.03 Å². The lowest BCUT2D eigenvalue weighted by Crippen LogP contribution is -2.47. The molecule has 9 heteroatoms. The van der Waals surface area contributed by atoms with E-state index in [1.807, 2.05) is 4.90 Å². The first-order valence-electron chi connectivity index (χ1n) is 6.78.